The number of amides is 2. The van der Waals surface area contributed by atoms with E-state index in [2.05, 4.69) is 13.2 Å². The molecular formula is C16H19NO3. The molecule has 1 aliphatic heterocycles. The molecule has 1 aromatic carbocycles. The van der Waals surface area contributed by atoms with Crippen molar-refractivity contribution in [1.29, 1.82) is 0 Å². The molecule has 0 radical (unpaired) electrons. The van der Waals surface area contributed by atoms with Crippen LogP contribution in [0.2, 0.25) is 0 Å². The molecule has 1 heterocycles. The van der Waals surface area contributed by atoms with Gasteiger partial charge in [0.1, 0.15) is 6.29 Å². The van der Waals surface area contributed by atoms with Crippen molar-refractivity contribution in [2.24, 2.45) is 0 Å². The molecule has 0 N–H and O–H groups in total. The van der Waals surface area contributed by atoms with Gasteiger partial charge in [0, 0.05) is 12.6 Å². The van der Waals surface area contributed by atoms with Gasteiger partial charge in [0.05, 0.1) is 11.1 Å². The van der Waals surface area contributed by atoms with Crippen molar-refractivity contribution in [3.63, 3.8) is 0 Å². The summed E-state index contributed by atoms with van der Waals surface area (Å²) in [7, 11) is 1.42. The highest BCUT2D eigenvalue weighted by atomic mass is 16.2. The Morgan fingerprint density at radius 2 is 1.45 bits per heavy atom. The van der Waals surface area contributed by atoms with Crippen LogP contribution in [-0.4, -0.2) is 30.0 Å². The predicted octanol–water partition coefficient (Wildman–Crippen LogP) is 3.11. The largest absolute Gasteiger partial charge is 0.298 e. The minimum atomic E-state index is -0.353. The van der Waals surface area contributed by atoms with Gasteiger partial charge in [-0.1, -0.05) is 18.2 Å². The Morgan fingerprint density at radius 3 is 1.90 bits per heavy atom. The van der Waals surface area contributed by atoms with E-state index in [1.165, 1.54) is 25.2 Å². The summed E-state index contributed by atoms with van der Waals surface area (Å²) in [5, 5.41) is 0. The second-order valence-corrected chi connectivity index (χ2v) is 3.91. The zero-order chi connectivity index (χ0) is 15.7. The summed E-state index contributed by atoms with van der Waals surface area (Å²) >= 11 is 0. The average molecular weight is 273 g/mol. The minimum Gasteiger partial charge on any atom is -0.298 e. The Labute approximate surface area is 119 Å². The molecule has 0 aliphatic carbocycles. The molecule has 20 heavy (non-hydrogen) atoms. The van der Waals surface area contributed by atoms with Crippen molar-refractivity contribution in [3.8, 4) is 0 Å². The second kappa shape index (κ2) is 8.58. The molecule has 0 atom stereocenters. The number of benzene rings is 1. The lowest BCUT2D eigenvalue weighted by Gasteiger charge is -2.02. The van der Waals surface area contributed by atoms with Crippen molar-refractivity contribution >= 4 is 18.1 Å². The minimum absolute atomic E-state index is 0.308. The number of aldehydes is 1. The van der Waals surface area contributed by atoms with Gasteiger partial charge in [-0.3, -0.25) is 19.3 Å². The van der Waals surface area contributed by atoms with E-state index >= 15 is 0 Å². The molecule has 0 saturated heterocycles. The maximum absolute atomic E-state index is 11.5. The lowest BCUT2D eigenvalue weighted by molar-refractivity contribution is 0.0693. The first kappa shape index (κ1) is 17.5. The Bertz CT molecular complexity index is 527. The summed E-state index contributed by atoms with van der Waals surface area (Å²) in [6.45, 7) is 10.5. The van der Waals surface area contributed by atoms with Crippen LogP contribution >= 0.6 is 0 Å². The van der Waals surface area contributed by atoms with Crippen molar-refractivity contribution < 1.29 is 14.4 Å². The van der Waals surface area contributed by atoms with Gasteiger partial charge in [0.2, 0.25) is 0 Å². The molecule has 0 saturated carbocycles. The third-order valence-electron chi connectivity index (χ3n) is 2.25. The molecule has 2 amide bonds. The molecule has 0 unspecified atom stereocenters. The van der Waals surface area contributed by atoms with Crippen LogP contribution in [0.5, 0.6) is 0 Å². The quantitative estimate of drug-likeness (QED) is 0.449. The second-order valence-electron chi connectivity index (χ2n) is 3.91. The Morgan fingerprint density at radius 1 is 1.00 bits per heavy atom. The van der Waals surface area contributed by atoms with Crippen LogP contribution in [0.3, 0.4) is 0 Å². The highest BCUT2D eigenvalue weighted by Crippen LogP contribution is 2.21. The molecule has 2 rings (SSSR count). The van der Waals surface area contributed by atoms with Gasteiger partial charge in [-0.2, -0.15) is 0 Å². The van der Waals surface area contributed by atoms with E-state index in [9.17, 15) is 14.4 Å². The number of hydrogen-bond donors (Lipinski definition) is 0. The van der Waals surface area contributed by atoms with E-state index < -0.39 is 0 Å². The molecule has 1 aromatic rings. The highest BCUT2D eigenvalue weighted by Gasteiger charge is 2.32. The van der Waals surface area contributed by atoms with E-state index in [0.717, 1.165) is 4.90 Å². The molecule has 4 heteroatoms. The van der Waals surface area contributed by atoms with Gasteiger partial charge >= 0.3 is 0 Å². The van der Waals surface area contributed by atoms with E-state index in [1.54, 1.807) is 12.2 Å². The van der Waals surface area contributed by atoms with Gasteiger partial charge in [0.25, 0.3) is 11.8 Å². The fraction of sp³-hybridized carbons (Fsp3) is 0.188. The summed E-state index contributed by atoms with van der Waals surface area (Å²) < 4.78 is 0. The molecule has 106 valence electrons. The molecule has 0 spiro atoms. The standard InChI is InChI=1S/C10H7NO3.2C3H6/c1-11-9(13)7-3-2-6(5-12)4-8(7)10(11)14;2*1-3-2/h2-5H,1H3;2*3H,1H2,2H3. The van der Waals surface area contributed by atoms with Crippen molar-refractivity contribution in [1.82, 2.24) is 4.90 Å². The maximum atomic E-state index is 11.5. The Hall–Kier alpha value is -2.49. The number of allylic oxidation sites excluding steroid dienone is 2. The van der Waals surface area contributed by atoms with Gasteiger partial charge in [-0.25, -0.2) is 0 Å². The maximum Gasteiger partial charge on any atom is 0.261 e. The summed E-state index contributed by atoms with van der Waals surface area (Å²) in [6.07, 6.45) is 4.15. The third kappa shape index (κ3) is 4.02. The molecular weight excluding hydrogens is 254 g/mol. The third-order valence-corrected chi connectivity index (χ3v) is 2.25. The van der Waals surface area contributed by atoms with Crippen LogP contribution in [0.15, 0.2) is 43.5 Å². The summed E-state index contributed by atoms with van der Waals surface area (Å²) in [5.74, 6) is -0.670. The summed E-state index contributed by atoms with van der Waals surface area (Å²) in [6, 6.07) is 4.46. The molecule has 1 aliphatic rings. The zero-order valence-electron chi connectivity index (χ0n) is 12.1. The van der Waals surface area contributed by atoms with Crippen LogP contribution < -0.4 is 0 Å². The summed E-state index contributed by atoms with van der Waals surface area (Å²) in [5.41, 5.74) is 1.07. The topological polar surface area (TPSA) is 54.5 Å². The van der Waals surface area contributed by atoms with Crippen LogP contribution in [-0.2, 0) is 0 Å². The molecule has 4 nitrogen and oxygen atoms in total. The highest BCUT2D eigenvalue weighted by molar-refractivity contribution is 6.21. The van der Waals surface area contributed by atoms with E-state index in [0.29, 0.717) is 23.0 Å². The first-order valence-electron chi connectivity index (χ1n) is 6.04. The van der Waals surface area contributed by atoms with Crippen molar-refractivity contribution in [2.75, 3.05) is 7.05 Å². The number of imide groups is 1. The van der Waals surface area contributed by atoms with Crippen LogP contribution in [0.4, 0.5) is 0 Å². The number of hydrogen-bond acceptors (Lipinski definition) is 3. The van der Waals surface area contributed by atoms with Crippen LogP contribution in [0, 0.1) is 0 Å². The van der Waals surface area contributed by atoms with E-state index in [-0.39, 0.29) is 11.8 Å². The first-order valence-corrected chi connectivity index (χ1v) is 6.04. The van der Waals surface area contributed by atoms with Gasteiger partial charge in [-0.15, -0.1) is 13.2 Å². The van der Waals surface area contributed by atoms with Crippen molar-refractivity contribution in [2.45, 2.75) is 13.8 Å². The Balaban J connectivity index is 0.000000520. The van der Waals surface area contributed by atoms with Crippen LogP contribution in [0.25, 0.3) is 0 Å². The van der Waals surface area contributed by atoms with Crippen molar-refractivity contribution in [3.05, 3.63) is 60.2 Å². The average Bonchev–Trinajstić information content (AvgIpc) is 2.65. The van der Waals surface area contributed by atoms with Gasteiger partial charge in [0.15, 0.2) is 0 Å². The Kier molecular flexibility index (Phi) is 7.52. The number of nitrogens with zero attached hydrogens (tertiary/aromatic N) is 1. The monoisotopic (exact) mass is 273 g/mol. The number of rotatable bonds is 1. The van der Waals surface area contributed by atoms with Crippen LogP contribution in [0.1, 0.15) is 44.9 Å². The smallest absolute Gasteiger partial charge is 0.261 e. The molecule has 0 bridgehead atoms. The predicted molar refractivity (Wildman–Crippen MR) is 80.0 cm³/mol. The SMILES string of the molecule is C=CC.C=CC.CN1C(=O)c2ccc(C=O)cc2C1=O. The summed E-state index contributed by atoms with van der Waals surface area (Å²) in [4.78, 5) is 34.4. The lowest BCUT2D eigenvalue weighted by atomic mass is 10.1. The first-order chi connectivity index (χ1) is 9.48. The number of carbonyl (C=O) groups excluding carboxylic acids is 3. The fourth-order valence-electron chi connectivity index (χ4n) is 1.45. The van der Waals surface area contributed by atoms with Gasteiger partial charge in [-0.05, 0) is 26.0 Å². The number of carbonyl (C=O) groups is 3. The van der Waals surface area contributed by atoms with Gasteiger partial charge < -0.3 is 0 Å². The molecule has 0 aromatic heterocycles. The number of fused-ring (bicyclic) bond motifs is 1. The normalized spacial score (nSPS) is 11.4. The van der Waals surface area contributed by atoms with E-state index in [1.807, 2.05) is 13.8 Å². The van der Waals surface area contributed by atoms with E-state index in [4.69, 9.17) is 0 Å². The fourth-order valence-corrected chi connectivity index (χ4v) is 1.45. The molecule has 0 fully saturated rings. The lowest BCUT2D eigenvalue weighted by Crippen LogP contribution is -2.24. The zero-order valence-corrected chi connectivity index (χ0v) is 12.1.